The lowest BCUT2D eigenvalue weighted by molar-refractivity contribution is -0.861. The number of hydrogen-bond acceptors (Lipinski definition) is 4. The van der Waals surface area contributed by atoms with Gasteiger partial charge in [-0.2, -0.15) is 0 Å². The monoisotopic (exact) mass is 388 g/mol. The summed E-state index contributed by atoms with van der Waals surface area (Å²) < 4.78 is 0. The molecular formula is C20H26N3O3S+. The maximum atomic E-state index is 12.6. The van der Waals surface area contributed by atoms with E-state index in [9.17, 15) is 14.4 Å². The number of aromatic nitrogens is 1. The zero-order valence-electron chi connectivity index (χ0n) is 16.4. The highest BCUT2D eigenvalue weighted by atomic mass is 32.2. The van der Waals surface area contributed by atoms with Crippen molar-refractivity contribution in [3.63, 3.8) is 0 Å². The maximum absolute atomic E-state index is 12.6. The fraction of sp³-hybridized carbons (Fsp3) is 0.350. The summed E-state index contributed by atoms with van der Waals surface area (Å²) in [5.41, 5.74) is 3.17. The molecule has 1 atom stereocenters. The number of Topliss-reactive ketones (excluding diaryl/α,β-unsaturated/α-hetero) is 2. The Balaban J connectivity index is 2.00. The lowest BCUT2D eigenvalue weighted by Gasteiger charge is -2.14. The van der Waals surface area contributed by atoms with Crippen LogP contribution in [0.15, 0.2) is 29.2 Å². The third-order valence-electron chi connectivity index (χ3n) is 4.37. The number of aryl methyl sites for hydroxylation is 1. The molecule has 1 heterocycles. The number of carbonyl (C=O) groups excluding carboxylic acids is 3. The first-order valence-corrected chi connectivity index (χ1v) is 9.94. The third-order valence-corrected chi connectivity index (χ3v) is 5.17. The van der Waals surface area contributed by atoms with Crippen LogP contribution in [0.4, 0.5) is 5.69 Å². The van der Waals surface area contributed by atoms with Gasteiger partial charge in [0.15, 0.2) is 12.3 Å². The Morgan fingerprint density at radius 1 is 1.15 bits per heavy atom. The molecular weight excluding hydrogens is 362 g/mol. The van der Waals surface area contributed by atoms with E-state index in [1.165, 1.54) is 6.92 Å². The molecule has 0 spiro atoms. The van der Waals surface area contributed by atoms with Crippen LogP contribution in [0.25, 0.3) is 0 Å². The molecule has 0 aliphatic carbocycles. The Kier molecular flexibility index (Phi) is 6.98. The molecule has 1 amide bonds. The number of hydrogen-bond donors (Lipinski definition) is 3. The first-order valence-electron chi connectivity index (χ1n) is 8.72. The number of aromatic amines is 1. The van der Waals surface area contributed by atoms with Crippen LogP contribution in [0.5, 0.6) is 0 Å². The quantitative estimate of drug-likeness (QED) is 0.476. The van der Waals surface area contributed by atoms with Crippen molar-refractivity contribution in [2.45, 2.75) is 25.7 Å². The molecule has 27 heavy (non-hydrogen) atoms. The summed E-state index contributed by atoms with van der Waals surface area (Å²) in [4.78, 5) is 41.4. The van der Waals surface area contributed by atoms with Crippen LogP contribution < -0.4 is 10.2 Å². The number of nitrogens with one attached hydrogen (secondary N) is 3. The fourth-order valence-electron chi connectivity index (χ4n) is 3.20. The SMILES string of the molecule is CSc1ccccc1NC(=O)C[NH+](C)CC(=O)c1[nH]c(C)c(C(C)=O)c1C. The van der Waals surface area contributed by atoms with Crippen molar-refractivity contribution in [3.8, 4) is 0 Å². The zero-order chi connectivity index (χ0) is 20.1. The molecule has 144 valence electrons. The summed E-state index contributed by atoms with van der Waals surface area (Å²) >= 11 is 1.56. The van der Waals surface area contributed by atoms with E-state index in [0.717, 1.165) is 15.5 Å². The van der Waals surface area contributed by atoms with Gasteiger partial charge in [0.05, 0.1) is 18.4 Å². The van der Waals surface area contributed by atoms with Crippen LogP contribution >= 0.6 is 11.8 Å². The summed E-state index contributed by atoms with van der Waals surface area (Å²) in [6, 6.07) is 7.60. The van der Waals surface area contributed by atoms with Gasteiger partial charge in [-0.05, 0) is 44.7 Å². The van der Waals surface area contributed by atoms with E-state index in [0.29, 0.717) is 22.5 Å². The molecule has 0 fully saturated rings. The van der Waals surface area contributed by atoms with E-state index in [1.807, 2.05) is 30.5 Å². The predicted octanol–water partition coefficient (Wildman–Crippen LogP) is 1.89. The van der Waals surface area contributed by atoms with Crippen LogP contribution in [0.1, 0.15) is 39.0 Å². The van der Waals surface area contributed by atoms with Crippen molar-refractivity contribution >= 4 is 34.9 Å². The minimum atomic E-state index is -0.148. The molecule has 2 aromatic rings. The smallest absolute Gasteiger partial charge is 0.279 e. The number of benzene rings is 1. The normalized spacial score (nSPS) is 11.9. The molecule has 6 nitrogen and oxygen atoms in total. The second-order valence-corrected chi connectivity index (χ2v) is 7.51. The van der Waals surface area contributed by atoms with Crippen LogP contribution in [0.3, 0.4) is 0 Å². The summed E-state index contributed by atoms with van der Waals surface area (Å²) in [5, 5.41) is 2.90. The minimum absolute atomic E-state index is 0.0622. The van der Waals surface area contributed by atoms with Crippen molar-refractivity contribution in [1.82, 2.24) is 4.98 Å². The molecule has 0 aliphatic rings. The highest BCUT2D eigenvalue weighted by Crippen LogP contribution is 2.24. The highest BCUT2D eigenvalue weighted by Gasteiger charge is 2.23. The fourth-order valence-corrected chi connectivity index (χ4v) is 3.75. The second kappa shape index (κ2) is 9.01. The number of rotatable bonds is 8. The number of likely N-dealkylation sites (N-methyl/N-ethyl adjacent to an activating group) is 1. The van der Waals surface area contributed by atoms with Crippen molar-refractivity contribution < 1.29 is 19.3 Å². The minimum Gasteiger partial charge on any atom is -0.355 e. The average molecular weight is 389 g/mol. The molecule has 0 saturated heterocycles. The van der Waals surface area contributed by atoms with Crippen molar-refractivity contribution in [3.05, 3.63) is 46.8 Å². The molecule has 3 N–H and O–H groups in total. The topological polar surface area (TPSA) is 83.5 Å². The van der Waals surface area contributed by atoms with Crippen molar-refractivity contribution in [1.29, 1.82) is 0 Å². The third kappa shape index (κ3) is 5.08. The Morgan fingerprint density at radius 2 is 1.81 bits per heavy atom. The van der Waals surface area contributed by atoms with E-state index in [-0.39, 0.29) is 30.6 Å². The average Bonchev–Trinajstić information content (AvgIpc) is 2.89. The van der Waals surface area contributed by atoms with Crippen molar-refractivity contribution in [2.75, 3.05) is 31.7 Å². The molecule has 2 rings (SSSR count). The Hall–Kier alpha value is -2.38. The van der Waals surface area contributed by atoms with Gasteiger partial charge in [-0.15, -0.1) is 11.8 Å². The van der Waals surface area contributed by atoms with Crippen LogP contribution in [0.2, 0.25) is 0 Å². The van der Waals surface area contributed by atoms with Gasteiger partial charge in [0.1, 0.15) is 6.54 Å². The maximum Gasteiger partial charge on any atom is 0.279 e. The van der Waals surface area contributed by atoms with Gasteiger partial charge in [-0.3, -0.25) is 14.4 Å². The molecule has 0 bridgehead atoms. The summed E-state index contributed by atoms with van der Waals surface area (Å²) in [7, 11) is 1.80. The Morgan fingerprint density at radius 3 is 2.41 bits per heavy atom. The number of H-pyrrole nitrogens is 1. The van der Waals surface area contributed by atoms with E-state index in [4.69, 9.17) is 0 Å². The van der Waals surface area contributed by atoms with E-state index in [2.05, 4.69) is 10.3 Å². The Bertz CT molecular complexity index is 873. The first kappa shape index (κ1) is 20.9. The van der Waals surface area contributed by atoms with Crippen LogP contribution in [-0.4, -0.2) is 48.9 Å². The van der Waals surface area contributed by atoms with Gasteiger partial charge in [-0.25, -0.2) is 0 Å². The standard InChI is InChI=1S/C20H25N3O3S/c1-12-19(14(3)24)13(2)21-20(12)16(25)10-23(4)11-18(26)22-15-8-6-7-9-17(15)27-5/h6-9,21H,10-11H2,1-5H3,(H,22,26)/p+1. The van der Waals surface area contributed by atoms with E-state index >= 15 is 0 Å². The number of anilines is 1. The molecule has 0 radical (unpaired) electrons. The predicted molar refractivity (Wildman–Crippen MR) is 108 cm³/mol. The van der Waals surface area contributed by atoms with Crippen LogP contribution in [-0.2, 0) is 4.79 Å². The molecule has 7 heteroatoms. The lowest BCUT2D eigenvalue weighted by atomic mass is 10.1. The number of thioether (sulfide) groups is 1. The number of ketones is 2. The number of para-hydroxylation sites is 1. The largest absolute Gasteiger partial charge is 0.355 e. The first-order chi connectivity index (χ1) is 12.7. The van der Waals surface area contributed by atoms with Gasteiger partial charge in [-0.1, -0.05) is 12.1 Å². The van der Waals surface area contributed by atoms with Gasteiger partial charge in [0.25, 0.3) is 5.91 Å². The van der Waals surface area contributed by atoms with Crippen molar-refractivity contribution in [2.24, 2.45) is 0 Å². The molecule has 0 saturated carbocycles. The highest BCUT2D eigenvalue weighted by molar-refractivity contribution is 7.98. The Labute approximate surface area is 163 Å². The molecule has 1 aromatic heterocycles. The zero-order valence-corrected chi connectivity index (χ0v) is 17.2. The summed E-state index contributed by atoms with van der Waals surface area (Å²) in [6.07, 6.45) is 1.96. The van der Waals surface area contributed by atoms with Gasteiger partial charge >= 0.3 is 0 Å². The summed E-state index contributed by atoms with van der Waals surface area (Å²) in [6.45, 7) is 5.39. The summed E-state index contributed by atoms with van der Waals surface area (Å²) in [5.74, 6) is -0.323. The molecule has 0 aliphatic heterocycles. The number of amides is 1. The molecule has 1 unspecified atom stereocenters. The lowest BCUT2D eigenvalue weighted by Crippen LogP contribution is -3.11. The van der Waals surface area contributed by atoms with Gasteiger partial charge in [0.2, 0.25) is 5.78 Å². The second-order valence-electron chi connectivity index (χ2n) is 6.66. The molecule has 1 aromatic carbocycles. The number of quaternary nitrogens is 1. The van der Waals surface area contributed by atoms with E-state index < -0.39 is 0 Å². The van der Waals surface area contributed by atoms with Gasteiger partial charge in [0, 0.05) is 16.2 Å². The number of carbonyl (C=O) groups is 3. The van der Waals surface area contributed by atoms with E-state index in [1.54, 1.807) is 32.7 Å². The van der Waals surface area contributed by atoms with Gasteiger partial charge < -0.3 is 15.2 Å². The van der Waals surface area contributed by atoms with Crippen LogP contribution in [0, 0.1) is 13.8 Å².